The maximum absolute atomic E-state index is 12.5. The van der Waals surface area contributed by atoms with E-state index in [4.69, 9.17) is 4.74 Å². The molecule has 24 heavy (non-hydrogen) atoms. The van der Waals surface area contributed by atoms with Crippen LogP contribution < -0.4 is 5.32 Å². The molecule has 0 aliphatic heterocycles. The van der Waals surface area contributed by atoms with E-state index in [9.17, 15) is 9.59 Å². The number of H-pyrrole nitrogens is 1. The molecule has 0 bridgehead atoms. The van der Waals surface area contributed by atoms with E-state index in [2.05, 4.69) is 10.3 Å². The largest absolute Gasteiger partial charge is 0.464 e. The van der Waals surface area contributed by atoms with Gasteiger partial charge in [-0.25, -0.2) is 4.79 Å². The van der Waals surface area contributed by atoms with Crippen molar-refractivity contribution in [3.8, 4) is 0 Å². The monoisotopic (exact) mass is 330 g/mol. The van der Waals surface area contributed by atoms with Crippen LogP contribution in [0.1, 0.15) is 38.4 Å². The Bertz CT molecular complexity index is 720. The van der Waals surface area contributed by atoms with E-state index in [1.807, 2.05) is 45.0 Å². The van der Waals surface area contributed by atoms with Crippen LogP contribution in [-0.2, 0) is 20.7 Å². The molecule has 2 N–H and O–H groups in total. The average molecular weight is 330 g/mol. The number of ether oxygens (including phenoxy) is 1. The number of hydrogen-bond acceptors (Lipinski definition) is 3. The van der Waals surface area contributed by atoms with Gasteiger partial charge in [0.15, 0.2) is 0 Å². The molecule has 0 spiro atoms. The summed E-state index contributed by atoms with van der Waals surface area (Å²) in [7, 11) is 0. The first-order valence-corrected chi connectivity index (χ1v) is 8.50. The number of para-hydroxylation sites is 1. The van der Waals surface area contributed by atoms with Crippen LogP contribution >= 0.6 is 0 Å². The smallest absolute Gasteiger partial charge is 0.328 e. The van der Waals surface area contributed by atoms with Gasteiger partial charge in [-0.15, -0.1) is 0 Å². The number of nitrogens with one attached hydrogen (secondary N) is 2. The molecule has 1 aromatic heterocycles. The fourth-order valence-electron chi connectivity index (χ4n) is 2.85. The van der Waals surface area contributed by atoms with Crippen LogP contribution in [0.3, 0.4) is 0 Å². The number of fused-ring (bicyclic) bond motifs is 1. The van der Waals surface area contributed by atoms with Gasteiger partial charge in [-0.3, -0.25) is 4.79 Å². The van der Waals surface area contributed by atoms with E-state index in [1.165, 1.54) is 0 Å². The Morgan fingerprint density at radius 2 is 1.96 bits per heavy atom. The highest BCUT2D eigenvalue weighted by Crippen LogP contribution is 2.22. The van der Waals surface area contributed by atoms with Crippen molar-refractivity contribution >= 4 is 22.8 Å². The molecule has 0 fully saturated rings. The second-order valence-corrected chi connectivity index (χ2v) is 6.13. The van der Waals surface area contributed by atoms with Crippen LogP contribution in [0.15, 0.2) is 24.3 Å². The number of rotatable bonds is 7. The molecule has 0 unspecified atom stereocenters. The molecule has 1 aromatic carbocycles. The highest BCUT2D eigenvalue weighted by atomic mass is 16.5. The molecule has 0 saturated heterocycles. The number of carbonyl (C=O) groups is 2. The molecule has 0 aliphatic rings. The van der Waals surface area contributed by atoms with Crippen LogP contribution in [0, 0.1) is 12.8 Å². The number of hydrogen-bond donors (Lipinski definition) is 2. The molecule has 2 aromatic rings. The van der Waals surface area contributed by atoms with Crippen LogP contribution in [0.5, 0.6) is 0 Å². The quantitative estimate of drug-likeness (QED) is 0.766. The predicted octanol–water partition coefficient (Wildman–Crippen LogP) is 3.11. The van der Waals surface area contributed by atoms with E-state index < -0.39 is 6.04 Å². The van der Waals surface area contributed by atoms with Crippen molar-refractivity contribution in [2.24, 2.45) is 5.92 Å². The zero-order valence-corrected chi connectivity index (χ0v) is 14.8. The number of amides is 1. The van der Waals surface area contributed by atoms with Crippen molar-refractivity contribution in [2.45, 2.75) is 46.6 Å². The molecule has 0 aliphatic carbocycles. The van der Waals surface area contributed by atoms with Crippen molar-refractivity contribution in [1.82, 2.24) is 10.3 Å². The Labute approximate surface area is 142 Å². The van der Waals surface area contributed by atoms with E-state index in [-0.39, 0.29) is 24.2 Å². The molecule has 5 heteroatoms. The minimum absolute atomic E-state index is 0.0251. The van der Waals surface area contributed by atoms with E-state index in [1.54, 1.807) is 6.92 Å². The zero-order chi connectivity index (χ0) is 17.7. The maximum atomic E-state index is 12.5. The van der Waals surface area contributed by atoms with Gasteiger partial charge in [0.2, 0.25) is 5.91 Å². The first kappa shape index (κ1) is 18.0. The van der Waals surface area contributed by atoms with Crippen molar-refractivity contribution < 1.29 is 14.3 Å². The third-order valence-electron chi connectivity index (χ3n) is 4.43. The number of aromatic nitrogens is 1. The third-order valence-corrected chi connectivity index (χ3v) is 4.43. The van der Waals surface area contributed by atoms with Gasteiger partial charge in [-0.2, -0.15) is 0 Å². The van der Waals surface area contributed by atoms with Gasteiger partial charge in [0.1, 0.15) is 6.04 Å². The number of esters is 1. The summed E-state index contributed by atoms with van der Waals surface area (Å²) in [4.78, 5) is 27.9. The molecule has 1 heterocycles. The molecule has 2 rings (SSSR count). The number of carbonyl (C=O) groups excluding carboxylic acids is 2. The van der Waals surface area contributed by atoms with E-state index in [0.29, 0.717) is 6.61 Å². The molecule has 1 amide bonds. The summed E-state index contributed by atoms with van der Waals surface area (Å²) >= 11 is 0. The normalized spacial score (nSPS) is 13.5. The molecule has 2 atom stereocenters. The number of benzene rings is 1. The summed E-state index contributed by atoms with van der Waals surface area (Å²) in [5.74, 6) is -0.505. The fourth-order valence-corrected chi connectivity index (χ4v) is 2.85. The molecule has 130 valence electrons. The van der Waals surface area contributed by atoms with Gasteiger partial charge in [0.05, 0.1) is 13.0 Å². The molecular formula is C19H26N2O3. The highest BCUT2D eigenvalue weighted by Gasteiger charge is 2.27. The minimum atomic E-state index is -0.604. The van der Waals surface area contributed by atoms with E-state index in [0.717, 1.165) is 28.6 Å². The Balaban J connectivity index is 2.15. The fraction of sp³-hybridized carbons (Fsp3) is 0.474. The summed E-state index contributed by atoms with van der Waals surface area (Å²) in [6.07, 6.45) is 1.03. The highest BCUT2D eigenvalue weighted by molar-refractivity contribution is 5.91. The van der Waals surface area contributed by atoms with Gasteiger partial charge in [0, 0.05) is 16.6 Å². The van der Waals surface area contributed by atoms with Gasteiger partial charge in [-0.1, -0.05) is 38.5 Å². The lowest BCUT2D eigenvalue weighted by molar-refractivity contribution is -0.148. The maximum Gasteiger partial charge on any atom is 0.328 e. The molecule has 5 nitrogen and oxygen atoms in total. The van der Waals surface area contributed by atoms with Crippen LogP contribution in [0.2, 0.25) is 0 Å². The molecule has 0 saturated carbocycles. The summed E-state index contributed by atoms with van der Waals surface area (Å²) in [6.45, 7) is 7.97. The first-order valence-electron chi connectivity index (χ1n) is 8.50. The predicted molar refractivity (Wildman–Crippen MR) is 94.8 cm³/mol. The lowest BCUT2D eigenvalue weighted by Crippen LogP contribution is -2.46. The van der Waals surface area contributed by atoms with Crippen molar-refractivity contribution in [3.63, 3.8) is 0 Å². The van der Waals surface area contributed by atoms with Gasteiger partial charge >= 0.3 is 5.97 Å². The van der Waals surface area contributed by atoms with Gasteiger partial charge in [-0.05, 0) is 31.4 Å². The summed E-state index contributed by atoms with van der Waals surface area (Å²) in [5, 5.41) is 3.90. The van der Waals surface area contributed by atoms with Crippen molar-refractivity contribution in [3.05, 3.63) is 35.5 Å². The Morgan fingerprint density at radius 3 is 2.62 bits per heavy atom. The first-order chi connectivity index (χ1) is 11.5. The number of aryl methyl sites for hydroxylation is 1. The lowest BCUT2D eigenvalue weighted by atomic mass is 9.98. The van der Waals surface area contributed by atoms with Gasteiger partial charge < -0.3 is 15.0 Å². The standard InChI is InChI=1S/C19H26N2O3/c1-5-12(3)18(19(23)24-6-2)21-17(22)11-15-13(4)20-16-10-8-7-9-14(15)16/h7-10,12,18,20H,5-6,11H2,1-4H3,(H,21,22)/t12-,18-/m0/s1. The summed E-state index contributed by atoms with van der Waals surface area (Å²) < 4.78 is 5.10. The SMILES string of the molecule is CCOC(=O)[C@@H](NC(=O)Cc1c(C)[nH]c2ccccc12)[C@@H](C)CC. The van der Waals surface area contributed by atoms with Crippen LogP contribution in [0.25, 0.3) is 10.9 Å². The summed E-state index contributed by atoms with van der Waals surface area (Å²) in [5.41, 5.74) is 2.96. The lowest BCUT2D eigenvalue weighted by Gasteiger charge is -2.22. The Hall–Kier alpha value is -2.30. The second-order valence-electron chi connectivity index (χ2n) is 6.13. The Kier molecular flexibility index (Phi) is 6.01. The van der Waals surface area contributed by atoms with Gasteiger partial charge in [0.25, 0.3) is 0 Å². The molecule has 0 radical (unpaired) electrons. The van der Waals surface area contributed by atoms with Crippen LogP contribution in [0.4, 0.5) is 0 Å². The van der Waals surface area contributed by atoms with Crippen molar-refractivity contribution in [2.75, 3.05) is 6.61 Å². The number of aromatic amines is 1. The van der Waals surface area contributed by atoms with Crippen LogP contribution in [-0.4, -0.2) is 29.5 Å². The minimum Gasteiger partial charge on any atom is -0.464 e. The topological polar surface area (TPSA) is 71.2 Å². The Morgan fingerprint density at radius 1 is 1.25 bits per heavy atom. The zero-order valence-electron chi connectivity index (χ0n) is 14.8. The van der Waals surface area contributed by atoms with E-state index >= 15 is 0 Å². The molecular weight excluding hydrogens is 304 g/mol. The van der Waals surface area contributed by atoms with Crippen molar-refractivity contribution in [1.29, 1.82) is 0 Å². The second kappa shape index (κ2) is 7.99. The third kappa shape index (κ3) is 3.96. The summed E-state index contributed by atoms with van der Waals surface area (Å²) in [6, 6.07) is 7.30. The average Bonchev–Trinajstić information content (AvgIpc) is 2.88.